The smallest absolute Gasteiger partial charge is 0.317 e. The van der Waals surface area contributed by atoms with E-state index in [1.807, 2.05) is 0 Å². The van der Waals surface area contributed by atoms with E-state index in [9.17, 15) is 13.2 Å². The standard InChI is InChI=1S/C10H18BrN3O3S/c1-8(11)6-13-10(15)14-4-2-9(3-5-14)7-18(12,16)17/h9H,1-7H2,(H,13,15)(H2,12,16,17). The summed E-state index contributed by atoms with van der Waals surface area (Å²) in [6.07, 6.45) is 1.33. The van der Waals surface area contributed by atoms with Crippen LogP contribution in [-0.4, -0.2) is 44.7 Å². The van der Waals surface area contributed by atoms with Gasteiger partial charge in [-0.25, -0.2) is 18.4 Å². The van der Waals surface area contributed by atoms with Crippen LogP contribution >= 0.6 is 15.9 Å². The number of hydrogen-bond acceptors (Lipinski definition) is 3. The van der Waals surface area contributed by atoms with Crippen LogP contribution in [0.15, 0.2) is 11.1 Å². The van der Waals surface area contributed by atoms with E-state index < -0.39 is 10.0 Å². The van der Waals surface area contributed by atoms with Crippen LogP contribution in [0.1, 0.15) is 12.8 Å². The van der Waals surface area contributed by atoms with Crippen LogP contribution in [0.2, 0.25) is 0 Å². The Labute approximate surface area is 116 Å². The number of amides is 2. The van der Waals surface area contributed by atoms with Gasteiger partial charge in [-0.3, -0.25) is 0 Å². The molecule has 1 aliphatic rings. The van der Waals surface area contributed by atoms with Crippen molar-refractivity contribution in [3.05, 3.63) is 11.1 Å². The zero-order valence-corrected chi connectivity index (χ0v) is 12.5. The molecule has 1 aliphatic heterocycles. The minimum Gasteiger partial charge on any atom is -0.333 e. The number of nitrogens with one attached hydrogen (secondary N) is 1. The Balaban J connectivity index is 2.35. The number of nitrogens with two attached hydrogens (primary N) is 1. The lowest BCUT2D eigenvalue weighted by Crippen LogP contribution is -2.45. The maximum Gasteiger partial charge on any atom is 0.317 e. The second-order valence-corrected chi connectivity index (χ2v) is 7.22. The van der Waals surface area contributed by atoms with E-state index in [-0.39, 0.29) is 17.7 Å². The third-order valence-corrected chi connectivity index (χ3v) is 4.02. The van der Waals surface area contributed by atoms with Crippen molar-refractivity contribution < 1.29 is 13.2 Å². The summed E-state index contributed by atoms with van der Waals surface area (Å²) in [7, 11) is -3.42. The van der Waals surface area contributed by atoms with Gasteiger partial charge in [0.1, 0.15) is 0 Å². The van der Waals surface area contributed by atoms with Gasteiger partial charge in [-0.1, -0.05) is 22.5 Å². The minimum atomic E-state index is -3.42. The Morgan fingerprint density at radius 1 is 1.44 bits per heavy atom. The fraction of sp³-hybridized carbons (Fsp3) is 0.700. The van der Waals surface area contributed by atoms with Crippen molar-refractivity contribution in [1.29, 1.82) is 0 Å². The lowest BCUT2D eigenvalue weighted by molar-refractivity contribution is 0.175. The van der Waals surface area contributed by atoms with E-state index in [4.69, 9.17) is 5.14 Å². The molecule has 0 radical (unpaired) electrons. The fourth-order valence-electron chi connectivity index (χ4n) is 1.91. The quantitative estimate of drug-likeness (QED) is 0.785. The molecule has 0 spiro atoms. The van der Waals surface area contributed by atoms with Gasteiger partial charge in [0, 0.05) is 17.6 Å². The van der Waals surface area contributed by atoms with Crippen molar-refractivity contribution in [3.63, 3.8) is 0 Å². The molecule has 18 heavy (non-hydrogen) atoms. The first kappa shape index (κ1) is 15.5. The lowest BCUT2D eigenvalue weighted by atomic mass is 9.99. The van der Waals surface area contributed by atoms with Crippen LogP contribution in [0.3, 0.4) is 0 Å². The van der Waals surface area contributed by atoms with E-state index in [1.165, 1.54) is 0 Å². The summed E-state index contributed by atoms with van der Waals surface area (Å²) in [6, 6.07) is -0.148. The van der Waals surface area contributed by atoms with Crippen molar-refractivity contribution >= 4 is 32.0 Å². The summed E-state index contributed by atoms with van der Waals surface area (Å²) in [6.45, 7) is 5.12. The second-order valence-electron chi connectivity index (χ2n) is 4.44. The molecule has 0 aliphatic carbocycles. The predicted octanol–water partition coefficient (Wildman–Crippen LogP) is 0.605. The van der Waals surface area contributed by atoms with Crippen LogP contribution in [0.4, 0.5) is 4.79 Å². The molecule has 104 valence electrons. The number of halogens is 1. The molecule has 3 N–H and O–H groups in total. The maximum atomic E-state index is 11.7. The Morgan fingerprint density at radius 3 is 2.44 bits per heavy atom. The third-order valence-electron chi connectivity index (χ3n) is 2.80. The molecular formula is C10H18BrN3O3S. The van der Waals surface area contributed by atoms with Gasteiger partial charge in [-0.2, -0.15) is 0 Å². The summed E-state index contributed by atoms with van der Waals surface area (Å²) in [5.74, 6) is 0.0518. The number of piperidine rings is 1. The van der Waals surface area contributed by atoms with Crippen LogP contribution < -0.4 is 10.5 Å². The maximum absolute atomic E-state index is 11.7. The van der Waals surface area contributed by atoms with E-state index in [2.05, 4.69) is 27.8 Å². The monoisotopic (exact) mass is 339 g/mol. The number of hydrogen-bond donors (Lipinski definition) is 2. The van der Waals surface area contributed by atoms with Crippen molar-refractivity contribution in [3.8, 4) is 0 Å². The van der Waals surface area contributed by atoms with E-state index in [0.717, 1.165) is 0 Å². The molecular weight excluding hydrogens is 322 g/mol. The third kappa shape index (κ3) is 5.83. The number of rotatable bonds is 4. The van der Waals surface area contributed by atoms with E-state index >= 15 is 0 Å². The van der Waals surface area contributed by atoms with Crippen LogP contribution in [0.25, 0.3) is 0 Å². The first-order valence-electron chi connectivity index (χ1n) is 5.64. The average Bonchev–Trinajstić information content (AvgIpc) is 2.24. The number of nitrogens with zero attached hydrogens (tertiary/aromatic N) is 1. The highest BCUT2D eigenvalue weighted by Crippen LogP contribution is 2.18. The number of carbonyl (C=O) groups excluding carboxylic acids is 1. The molecule has 2 amide bonds. The number of sulfonamides is 1. The highest BCUT2D eigenvalue weighted by atomic mass is 79.9. The number of primary sulfonamides is 1. The molecule has 0 unspecified atom stereocenters. The number of urea groups is 1. The van der Waals surface area contributed by atoms with Gasteiger partial charge in [-0.15, -0.1) is 0 Å². The van der Waals surface area contributed by atoms with Crippen molar-refractivity contribution in [2.75, 3.05) is 25.4 Å². The largest absolute Gasteiger partial charge is 0.333 e. The molecule has 0 aromatic rings. The molecule has 0 bridgehead atoms. The lowest BCUT2D eigenvalue weighted by Gasteiger charge is -2.31. The molecule has 1 heterocycles. The zero-order valence-electron chi connectivity index (χ0n) is 10.1. The summed E-state index contributed by atoms with van der Waals surface area (Å²) in [5, 5.41) is 7.72. The van der Waals surface area contributed by atoms with Crippen molar-refractivity contribution in [1.82, 2.24) is 10.2 Å². The highest BCUT2D eigenvalue weighted by Gasteiger charge is 2.25. The molecule has 1 rings (SSSR count). The average molecular weight is 340 g/mol. The molecule has 1 fully saturated rings. The molecule has 8 heteroatoms. The molecule has 0 atom stereocenters. The van der Waals surface area contributed by atoms with Gasteiger partial charge < -0.3 is 10.2 Å². The number of carbonyl (C=O) groups is 1. The van der Waals surface area contributed by atoms with Crippen molar-refractivity contribution in [2.24, 2.45) is 11.1 Å². The van der Waals surface area contributed by atoms with Gasteiger partial charge >= 0.3 is 6.03 Å². The summed E-state index contributed by atoms with van der Waals surface area (Å²) < 4.78 is 22.6. The van der Waals surface area contributed by atoms with Crippen LogP contribution in [-0.2, 0) is 10.0 Å². The summed E-state index contributed by atoms with van der Waals surface area (Å²) in [5.41, 5.74) is 0. The molecule has 6 nitrogen and oxygen atoms in total. The normalized spacial score (nSPS) is 17.6. The van der Waals surface area contributed by atoms with Gasteiger partial charge in [0.15, 0.2) is 0 Å². The summed E-state index contributed by atoms with van der Waals surface area (Å²) in [4.78, 5) is 13.4. The fourth-order valence-corrected chi connectivity index (χ4v) is 3.05. The Kier molecular flexibility index (Phi) is 5.61. The zero-order chi connectivity index (χ0) is 13.8. The van der Waals surface area contributed by atoms with Gasteiger partial charge in [0.05, 0.1) is 12.3 Å². The summed E-state index contributed by atoms with van der Waals surface area (Å²) >= 11 is 3.16. The van der Waals surface area contributed by atoms with Crippen LogP contribution in [0, 0.1) is 5.92 Å². The Morgan fingerprint density at radius 2 is 2.00 bits per heavy atom. The predicted molar refractivity (Wildman–Crippen MR) is 73.7 cm³/mol. The Hall–Kier alpha value is -0.600. The topological polar surface area (TPSA) is 92.5 Å². The molecule has 0 saturated carbocycles. The molecule has 1 saturated heterocycles. The first-order valence-corrected chi connectivity index (χ1v) is 8.15. The van der Waals surface area contributed by atoms with Crippen molar-refractivity contribution in [2.45, 2.75) is 12.8 Å². The molecule has 0 aromatic carbocycles. The number of likely N-dealkylation sites (tertiary alicyclic amines) is 1. The van der Waals surface area contributed by atoms with Gasteiger partial charge in [0.2, 0.25) is 10.0 Å². The van der Waals surface area contributed by atoms with Gasteiger partial charge in [-0.05, 0) is 18.8 Å². The second kappa shape index (κ2) is 6.53. The van der Waals surface area contributed by atoms with Crippen LogP contribution in [0.5, 0.6) is 0 Å². The van der Waals surface area contributed by atoms with E-state index in [1.54, 1.807) is 4.90 Å². The molecule has 0 aromatic heterocycles. The minimum absolute atomic E-state index is 0.000660. The highest BCUT2D eigenvalue weighted by molar-refractivity contribution is 9.11. The van der Waals surface area contributed by atoms with E-state index in [0.29, 0.717) is 37.0 Å². The Bertz CT molecular complexity index is 416. The van der Waals surface area contributed by atoms with Gasteiger partial charge in [0.25, 0.3) is 0 Å². The SMILES string of the molecule is C=C(Br)CNC(=O)N1CCC(CS(N)(=O)=O)CC1. The first-order chi connectivity index (χ1) is 8.28.